The lowest BCUT2D eigenvalue weighted by Gasteiger charge is -2.11. The number of hydrogen-bond donors (Lipinski definition) is 2. The summed E-state index contributed by atoms with van der Waals surface area (Å²) in [6, 6.07) is 5.31. The van der Waals surface area contributed by atoms with E-state index in [4.69, 9.17) is 9.47 Å². The van der Waals surface area contributed by atoms with E-state index in [1.165, 1.54) is 12.3 Å². The van der Waals surface area contributed by atoms with Crippen LogP contribution >= 0.6 is 0 Å². The van der Waals surface area contributed by atoms with Crippen LogP contribution in [0.5, 0.6) is 11.5 Å². The molecular formula is C17H23N3O4. The van der Waals surface area contributed by atoms with E-state index in [1.54, 1.807) is 18.2 Å². The van der Waals surface area contributed by atoms with Crippen molar-refractivity contribution in [3.8, 4) is 11.5 Å². The summed E-state index contributed by atoms with van der Waals surface area (Å²) < 4.78 is 11.1. The highest BCUT2D eigenvalue weighted by Crippen LogP contribution is 2.28. The lowest BCUT2D eigenvalue weighted by molar-refractivity contribution is -0.139. The predicted octanol–water partition coefficient (Wildman–Crippen LogP) is 1.63. The molecule has 0 aliphatic rings. The van der Waals surface area contributed by atoms with Crippen molar-refractivity contribution in [2.75, 3.05) is 19.8 Å². The number of benzene rings is 1. The van der Waals surface area contributed by atoms with Gasteiger partial charge in [0.25, 0.3) is 0 Å². The monoisotopic (exact) mass is 333 g/mol. The third-order valence-corrected chi connectivity index (χ3v) is 2.72. The van der Waals surface area contributed by atoms with Gasteiger partial charge >= 0.3 is 11.8 Å². The van der Waals surface area contributed by atoms with Crippen molar-refractivity contribution in [3.05, 3.63) is 36.4 Å². The van der Waals surface area contributed by atoms with Crippen LogP contribution in [0.1, 0.15) is 25.8 Å². The Balaban J connectivity index is 2.69. The summed E-state index contributed by atoms with van der Waals surface area (Å²) in [5.74, 6) is -0.361. The van der Waals surface area contributed by atoms with Crippen LogP contribution in [-0.4, -0.2) is 37.8 Å². The van der Waals surface area contributed by atoms with Crippen molar-refractivity contribution >= 4 is 18.0 Å². The maximum absolute atomic E-state index is 11.5. The summed E-state index contributed by atoms with van der Waals surface area (Å²) in [4.78, 5) is 22.8. The van der Waals surface area contributed by atoms with E-state index in [-0.39, 0.29) is 6.54 Å². The van der Waals surface area contributed by atoms with E-state index in [9.17, 15) is 9.59 Å². The van der Waals surface area contributed by atoms with Crippen molar-refractivity contribution in [1.82, 2.24) is 10.7 Å². The molecule has 0 atom stereocenters. The molecule has 2 N–H and O–H groups in total. The Bertz CT molecular complexity index is 599. The molecule has 7 heteroatoms. The molecule has 0 aromatic heterocycles. The van der Waals surface area contributed by atoms with E-state index in [0.717, 1.165) is 6.42 Å². The van der Waals surface area contributed by atoms with Gasteiger partial charge < -0.3 is 14.8 Å². The van der Waals surface area contributed by atoms with Crippen molar-refractivity contribution < 1.29 is 19.1 Å². The topological polar surface area (TPSA) is 89.0 Å². The fourth-order valence-corrected chi connectivity index (χ4v) is 1.67. The van der Waals surface area contributed by atoms with Gasteiger partial charge in [-0.2, -0.15) is 5.10 Å². The first-order chi connectivity index (χ1) is 11.6. The van der Waals surface area contributed by atoms with Gasteiger partial charge in [-0.25, -0.2) is 5.43 Å². The van der Waals surface area contributed by atoms with Gasteiger partial charge in [0.1, 0.15) is 0 Å². The first-order valence-corrected chi connectivity index (χ1v) is 7.74. The molecule has 0 spiro atoms. The zero-order valence-electron chi connectivity index (χ0n) is 14.0. The number of nitrogens with one attached hydrogen (secondary N) is 2. The lowest BCUT2D eigenvalue weighted by Crippen LogP contribution is -2.37. The molecular weight excluding hydrogens is 310 g/mol. The zero-order chi connectivity index (χ0) is 17.8. The first kappa shape index (κ1) is 19.2. The number of hydrogen-bond acceptors (Lipinski definition) is 5. The Hall–Kier alpha value is -2.83. The number of amides is 2. The molecule has 1 aromatic rings. The number of rotatable bonds is 9. The third kappa shape index (κ3) is 6.51. The Labute approximate surface area is 141 Å². The van der Waals surface area contributed by atoms with Gasteiger partial charge in [0, 0.05) is 6.54 Å². The minimum atomic E-state index is -0.846. The van der Waals surface area contributed by atoms with Crippen LogP contribution in [0, 0.1) is 0 Å². The molecule has 24 heavy (non-hydrogen) atoms. The molecule has 1 rings (SSSR count). The Kier molecular flexibility index (Phi) is 8.67. The number of ether oxygens (including phenoxy) is 2. The second-order valence-corrected chi connectivity index (χ2v) is 4.69. The Morgan fingerprint density at radius 1 is 1.21 bits per heavy atom. The third-order valence-electron chi connectivity index (χ3n) is 2.72. The minimum absolute atomic E-state index is 0.215. The zero-order valence-corrected chi connectivity index (χ0v) is 14.0. The lowest BCUT2D eigenvalue weighted by atomic mass is 10.2. The standard InChI is InChI=1S/C17H23N3O4/c1-4-9-18-16(21)17(22)20-19-12-13-7-8-14(24-10-5-2)15(11-13)23-6-3/h4,7-8,11-12H,1,5-6,9-10H2,2-3H3,(H,18,21)(H,20,22)/b19-12-. The van der Waals surface area contributed by atoms with Crippen molar-refractivity contribution in [3.63, 3.8) is 0 Å². The summed E-state index contributed by atoms with van der Waals surface area (Å²) in [5, 5.41) is 6.11. The highest BCUT2D eigenvalue weighted by Gasteiger charge is 2.10. The summed E-state index contributed by atoms with van der Waals surface area (Å²) in [7, 11) is 0. The molecule has 0 aliphatic heterocycles. The van der Waals surface area contributed by atoms with Crippen LogP contribution in [0.25, 0.3) is 0 Å². The molecule has 0 aliphatic carbocycles. The van der Waals surface area contributed by atoms with Crippen LogP contribution in [0.4, 0.5) is 0 Å². The number of carbonyl (C=O) groups is 2. The van der Waals surface area contributed by atoms with Crippen LogP contribution < -0.4 is 20.2 Å². The van der Waals surface area contributed by atoms with Gasteiger partial charge in [-0.1, -0.05) is 13.0 Å². The van der Waals surface area contributed by atoms with Crippen LogP contribution in [0.3, 0.4) is 0 Å². The van der Waals surface area contributed by atoms with Crippen LogP contribution in [-0.2, 0) is 9.59 Å². The summed E-state index contributed by atoms with van der Waals surface area (Å²) in [5.41, 5.74) is 2.86. The van der Waals surface area contributed by atoms with Crippen LogP contribution in [0.2, 0.25) is 0 Å². The minimum Gasteiger partial charge on any atom is -0.490 e. The maximum atomic E-state index is 11.5. The molecule has 0 bridgehead atoms. The Morgan fingerprint density at radius 3 is 2.67 bits per heavy atom. The van der Waals surface area contributed by atoms with Gasteiger partial charge in [0.2, 0.25) is 0 Å². The van der Waals surface area contributed by atoms with E-state index in [0.29, 0.717) is 30.3 Å². The highest BCUT2D eigenvalue weighted by molar-refractivity contribution is 6.35. The fraction of sp³-hybridized carbons (Fsp3) is 0.353. The first-order valence-electron chi connectivity index (χ1n) is 7.74. The maximum Gasteiger partial charge on any atom is 0.329 e. The summed E-state index contributed by atoms with van der Waals surface area (Å²) in [6.45, 7) is 8.67. The van der Waals surface area contributed by atoms with Gasteiger partial charge in [0.15, 0.2) is 11.5 Å². The second-order valence-electron chi connectivity index (χ2n) is 4.69. The molecule has 0 fully saturated rings. The second kappa shape index (κ2) is 10.8. The largest absolute Gasteiger partial charge is 0.490 e. The van der Waals surface area contributed by atoms with Gasteiger partial charge in [-0.3, -0.25) is 9.59 Å². The molecule has 130 valence electrons. The van der Waals surface area contributed by atoms with Crippen molar-refractivity contribution in [2.24, 2.45) is 5.10 Å². The molecule has 0 radical (unpaired) electrons. The van der Waals surface area contributed by atoms with Gasteiger partial charge in [0.05, 0.1) is 19.4 Å². The predicted molar refractivity (Wildman–Crippen MR) is 92.3 cm³/mol. The summed E-state index contributed by atoms with van der Waals surface area (Å²) >= 11 is 0. The van der Waals surface area contributed by atoms with E-state index in [1.807, 2.05) is 13.8 Å². The molecule has 2 amide bonds. The Morgan fingerprint density at radius 2 is 2.00 bits per heavy atom. The van der Waals surface area contributed by atoms with Crippen LogP contribution in [0.15, 0.2) is 36.0 Å². The average Bonchev–Trinajstić information content (AvgIpc) is 2.59. The molecule has 0 unspecified atom stereocenters. The molecule has 0 heterocycles. The van der Waals surface area contributed by atoms with E-state index >= 15 is 0 Å². The molecule has 0 saturated heterocycles. The number of hydrazone groups is 1. The van der Waals surface area contributed by atoms with Gasteiger partial charge in [-0.15, -0.1) is 6.58 Å². The highest BCUT2D eigenvalue weighted by atomic mass is 16.5. The van der Waals surface area contributed by atoms with E-state index < -0.39 is 11.8 Å². The number of carbonyl (C=O) groups excluding carboxylic acids is 2. The molecule has 0 saturated carbocycles. The summed E-state index contributed by atoms with van der Waals surface area (Å²) in [6.07, 6.45) is 3.80. The van der Waals surface area contributed by atoms with Crippen molar-refractivity contribution in [1.29, 1.82) is 0 Å². The SMILES string of the molecule is C=CCNC(=O)C(=O)N/N=C\c1ccc(OCCC)c(OCC)c1. The van der Waals surface area contributed by atoms with Gasteiger partial charge in [-0.05, 0) is 37.1 Å². The smallest absolute Gasteiger partial charge is 0.329 e. The molecule has 7 nitrogen and oxygen atoms in total. The van der Waals surface area contributed by atoms with Crippen molar-refractivity contribution in [2.45, 2.75) is 20.3 Å². The number of nitrogens with zero attached hydrogens (tertiary/aromatic N) is 1. The molecule has 1 aromatic carbocycles. The quantitative estimate of drug-likeness (QED) is 0.311. The fourth-order valence-electron chi connectivity index (χ4n) is 1.67. The normalized spacial score (nSPS) is 10.2. The van der Waals surface area contributed by atoms with E-state index in [2.05, 4.69) is 22.4 Å². The average molecular weight is 333 g/mol.